The van der Waals surface area contributed by atoms with E-state index in [0.29, 0.717) is 18.6 Å². The summed E-state index contributed by atoms with van der Waals surface area (Å²) in [5.41, 5.74) is -1.24. The van der Waals surface area contributed by atoms with Crippen LogP contribution in [0.1, 0.15) is 13.3 Å². The van der Waals surface area contributed by atoms with Crippen LogP contribution in [0.25, 0.3) is 0 Å². The summed E-state index contributed by atoms with van der Waals surface area (Å²) < 4.78 is 42.9. The van der Waals surface area contributed by atoms with Gasteiger partial charge in [0.05, 0.1) is 6.61 Å². The predicted octanol–water partition coefficient (Wildman–Crippen LogP) is 1.53. The van der Waals surface area contributed by atoms with Gasteiger partial charge in [-0.25, -0.2) is 0 Å². The minimum Gasteiger partial charge on any atom is -0.388 e. The Morgan fingerprint density at radius 2 is 2.26 bits per heavy atom. The molecule has 2 aliphatic rings. The lowest BCUT2D eigenvalue weighted by Crippen LogP contribution is -2.49. The summed E-state index contributed by atoms with van der Waals surface area (Å²) in [5.74, 6) is 0. The van der Waals surface area contributed by atoms with Crippen molar-refractivity contribution in [2.24, 2.45) is 4.99 Å². The number of alkyl halides is 3. The number of nitrogens with one attached hydrogen (secondary N) is 1. The zero-order chi connectivity index (χ0) is 14.1. The molecule has 2 rings (SSSR count). The molecule has 106 valence electrons. The first kappa shape index (κ1) is 14.1. The van der Waals surface area contributed by atoms with E-state index in [1.54, 1.807) is 6.92 Å². The summed E-state index contributed by atoms with van der Waals surface area (Å²) in [4.78, 5) is 4.16. The first-order valence-electron chi connectivity index (χ1n) is 5.88. The molecule has 7 heteroatoms. The minimum atomic E-state index is -4.46. The molecular weight excluding hydrogens is 261 g/mol. The Balaban J connectivity index is 2.35. The lowest BCUT2D eigenvalue weighted by Gasteiger charge is -2.39. The van der Waals surface area contributed by atoms with Crippen molar-refractivity contribution in [2.75, 3.05) is 13.2 Å². The number of hydrogen-bond donors (Lipinski definition) is 2. The molecule has 1 fully saturated rings. The number of rotatable bonds is 0. The summed E-state index contributed by atoms with van der Waals surface area (Å²) in [6.45, 7) is 2.19. The number of nitrogens with zero attached hydrogens (tertiary/aromatic N) is 1. The Bertz CT molecular complexity index is 443. The van der Waals surface area contributed by atoms with Crippen molar-refractivity contribution in [2.45, 2.75) is 31.2 Å². The fraction of sp³-hybridized carbons (Fsp3) is 0.583. The maximum absolute atomic E-state index is 12.6. The van der Waals surface area contributed by atoms with E-state index in [9.17, 15) is 18.3 Å². The van der Waals surface area contributed by atoms with Gasteiger partial charge in [-0.15, -0.1) is 0 Å². The lowest BCUT2D eigenvalue weighted by atomic mass is 9.81. The smallest absolute Gasteiger partial charge is 0.388 e. The lowest BCUT2D eigenvalue weighted by molar-refractivity contribution is -0.0954. The third kappa shape index (κ3) is 2.66. The highest BCUT2D eigenvalue weighted by Gasteiger charge is 2.42. The van der Waals surface area contributed by atoms with E-state index >= 15 is 0 Å². The molecule has 4 nitrogen and oxygen atoms in total. The fourth-order valence-electron chi connectivity index (χ4n) is 2.22. The highest BCUT2D eigenvalue weighted by molar-refractivity contribution is 5.73. The molecule has 0 bridgehead atoms. The molecule has 0 aromatic heterocycles. The van der Waals surface area contributed by atoms with Gasteiger partial charge in [-0.1, -0.05) is 0 Å². The SMILES string of the molecule is C/C1=C\NC(C(F)(F)F)=CC=NC12CCOCC2O. The Morgan fingerprint density at radius 1 is 1.53 bits per heavy atom. The van der Waals surface area contributed by atoms with E-state index < -0.39 is 23.5 Å². The summed E-state index contributed by atoms with van der Waals surface area (Å²) in [6.07, 6.45) is -1.67. The van der Waals surface area contributed by atoms with Crippen LogP contribution in [0.2, 0.25) is 0 Å². The van der Waals surface area contributed by atoms with Gasteiger partial charge in [0.15, 0.2) is 0 Å². The van der Waals surface area contributed by atoms with Gasteiger partial charge in [-0.3, -0.25) is 4.99 Å². The highest BCUT2D eigenvalue weighted by atomic mass is 19.4. The first-order chi connectivity index (χ1) is 8.86. The van der Waals surface area contributed by atoms with E-state index in [1.807, 2.05) is 0 Å². The predicted molar refractivity (Wildman–Crippen MR) is 63.7 cm³/mol. The highest BCUT2D eigenvalue weighted by Crippen LogP contribution is 2.34. The van der Waals surface area contributed by atoms with Gasteiger partial charge in [0, 0.05) is 25.4 Å². The molecule has 2 unspecified atom stereocenters. The molecule has 0 saturated carbocycles. The fourth-order valence-corrected chi connectivity index (χ4v) is 2.22. The molecule has 0 aromatic carbocycles. The number of aliphatic hydroxyl groups excluding tert-OH is 1. The average Bonchev–Trinajstić information content (AvgIpc) is 2.31. The van der Waals surface area contributed by atoms with E-state index in [-0.39, 0.29) is 6.61 Å². The minimum absolute atomic E-state index is 0.123. The van der Waals surface area contributed by atoms with Crippen molar-refractivity contribution < 1.29 is 23.0 Å². The van der Waals surface area contributed by atoms with Crippen LogP contribution < -0.4 is 5.32 Å². The Hall–Kier alpha value is -1.34. The monoisotopic (exact) mass is 276 g/mol. The van der Waals surface area contributed by atoms with Crippen LogP contribution in [0.15, 0.2) is 28.5 Å². The molecule has 0 amide bonds. The van der Waals surface area contributed by atoms with E-state index in [4.69, 9.17) is 4.74 Å². The van der Waals surface area contributed by atoms with Crippen LogP contribution >= 0.6 is 0 Å². The topological polar surface area (TPSA) is 53.9 Å². The van der Waals surface area contributed by atoms with Gasteiger partial charge in [0.1, 0.15) is 17.3 Å². The van der Waals surface area contributed by atoms with Crippen molar-refractivity contribution in [3.63, 3.8) is 0 Å². The number of hydrogen-bond acceptors (Lipinski definition) is 4. The number of halogens is 3. The van der Waals surface area contributed by atoms with Crippen LogP contribution in [-0.4, -0.2) is 42.4 Å². The second-order valence-corrected chi connectivity index (χ2v) is 4.59. The van der Waals surface area contributed by atoms with Crippen LogP contribution in [0.4, 0.5) is 13.2 Å². The summed E-state index contributed by atoms with van der Waals surface area (Å²) in [5, 5.41) is 12.3. The maximum atomic E-state index is 12.6. The molecular formula is C12H15F3N2O2. The quantitative estimate of drug-likeness (QED) is 0.705. The second-order valence-electron chi connectivity index (χ2n) is 4.59. The van der Waals surface area contributed by atoms with Crippen LogP contribution in [0.3, 0.4) is 0 Å². The molecule has 2 heterocycles. The molecule has 2 aliphatic heterocycles. The molecule has 0 aromatic rings. The summed E-state index contributed by atoms with van der Waals surface area (Å²) >= 11 is 0. The van der Waals surface area contributed by atoms with Crippen molar-refractivity contribution in [1.29, 1.82) is 0 Å². The second kappa shape index (κ2) is 4.97. The summed E-state index contributed by atoms with van der Waals surface area (Å²) in [6, 6.07) is 0. The molecule has 2 atom stereocenters. The number of allylic oxidation sites excluding steroid dienone is 2. The third-order valence-electron chi connectivity index (χ3n) is 3.43. The molecule has 0 radical (unpaired) electrons. The Morgan fingerprint density at radius 3 is 2.89 bits per heavy atom. The van der Waals surface area contributed by atoms with E-state index in [0.717, 1.165) is 12.3 Å². The van der Waals surface area contributed by atoms with Gasteiger partial charge in [-0.2, -0.15) is 13.2 Å². The molecule has 2 N–H and O–H groups in total. The zero-order valence-corrected chi connectivity index (χ0v) is 10.4. The zero-order valence-electron chi connectivity index (χ0n) is 10.4. The van der Waals surface area contributed by atoms with E-state index in [2.05, 4.69) is 10.3 Å². The van der Waals surface area contributed by atoms with Crippen LogP contribution in [-0.2, 0) is 4.74 Å². The van der Waals surface area contributed by atoms with Gasteiger partial charge in [0.25, 0.3) is 0 Å². The summed E-state index contributed by atoms with van der Waals surface area (Å²) in [7, 11) is 0. The number of aliphatic imine (C=N–C) groups is 1. The normalized spacial score (nSPS) is 34.9. The Kier molecular flexibility index (Phi) is 3.69. The standard InChI is InChI=1S/C12H15F3N2O2/c1-8-6-16-9(12(13,14)15)2-4-17-11(8)3-5-19-7-10(11)18/h2,4,6,10,16,18H,3,5,7H2,1H3/b8-6+,9-2?,17-4?. The average molecular weight is 276 g/mol. The molecule has 0 aliphatic carbocycles. The van der Waals surface area contributed by atoms with Gasteiger partial charge in [-0.05, 0) is 18.6 Å². The number of ether oxygens (including phenoxy) is 1. The Labute approximate surface area is 108 Å². The first-order valence-corrected chi connectivity index (χ1v) is 5.88. The van der Waals surface area contributed by atoms with Crippen molar-refractivity contribution in [1.82, 2.24) is 5.32 Å². The van der Waals surface area contributed by atoms with Crippen LogP contribution in [0.5, 0.6) is 0 Å². The van der Waals surface area contributed by atoms with Gasteiger partial charge in [0.2, 0.25) is 0 Å². The molecule has 19 heavy (non-hydrogen) atoms. The van der Waals surface area contributed by atoms with Crippen LogP contribution in [0, 0.1) is 0 Å². The number of aliphatic hydroxyl groups is 1. The van der Waals surface area contributed by atoms with Crippen molar-refractivity contribution in [3.8, 4) is 0 Å². The third-order valence-corrected chi connectivity index (χ3v) is 3.43. The molecule has 1 saturated heterocycles. The largest absolute Gasteiger partial charge is 0.431 e. The van der Waals surface area contributed by atoms with Gasteiger partial charge < -0.3 is 15.2 Å². The van der Waals surface area contributed by atoms with E-state index in [1.165, 1.54) is 6.20 Å². The molecule has 1 spiro atoms. The van der Waals surface area contributed by atoms with Gasteiger partial charge >= 0.3 is 6.18 Å². The maximum Gasteiger partial charge on any atom is 0.431 e. The van der Waals surface area contributed by atoms with Crippen molar-refractivity contribution >= 4 is 6.21 Å². The van der Waals surface area contributed by atoms with Crippen molar-refractivity contribution in [3.05, 3.63) is 23.5 Å².